The lowest BCUT2D eigenvalue weighted by atomic mass is 9.86. The van der Waals surface area contributed by atoms with E-state index in [1.165, 1.54) is 6.42 Å². The molecular weight excluding hydrogens is 272 g/mol. The molecule has 0 saturated heterocycles. The quantitative estimate of drug-likeness (QED) is 0.768. The molecule has 118 valence electrons. The number of amides is 2. The number of aliphatic hydroxyl groups excluding tert-OH is 1. The number of carbonyl (C=O) groups excluding carboxylic acids is 1. The third-order valence-electron chi connectivity index (χ3n) is 3.64. The average Bonchev–Trinajstić information content (AvgIpc) is 2.36. The third kappa shape index (κ3) is 6.84. The van der Waals surface area contributed by atoms with Crippen molar-refractivity contribution in [3.05, 3.63) is 0 Å². The van der Waals surface area contributed by atoms with Gasteiger partial charge >= 0.3 is 6.03 Å². The maximum atomic E-state index is 12.0. The lowest BCUT2D eigenvalue weighted by Crippen LogP contribution is -2.43. The minimum atomic E-state index is -0.240. The second-order valence-corrected chi connectivity index (χ2v) is 8.61. The van der Waals surface area contributed by atoms with E-state index in [0.29, 0.717) is 13.1 Å². The first kappa shape index (κ1) is 17.6. The van der Waals surface area contributed by atoms with Crippen LogP contribution in [-0.2, 0) is 0 Å². The Balaban J connectivity index is 2.21. The Morgan fingerprint density at radius 1 is 1.35 bits per heavy atom. The van der Waals surface area contributed by atoms with E-state index < -0.39 is 0 Å². The zero-order chi connectivity index (χ0) is 15.2. The van der Waals surface area contributed by atoms with Gasteiger partial charge in [-0.05, 0) is 12.8 Å². The Morgan fingerprint density at radius 2 is 2.00 bits per heavy atom. The van der Waals surface area contributed by atoms with E-state index in [-0.39, 0.29) is 22.8 Å². The molecule has 0 radical (unpaired) electrons. The van der Waals surface area contributed by atoms with Gasteiger partial charge in [0.05, 0.1) is 6.10 Å². The zero-order valence-corrected chi connectivity index (χ0v) is 14.1. The Bertz CT molecular complexity index is 305. The predicted octanol–water partition coefficient (Wildman–Crippen LogP) is 2.71. The Labute approximate surface area is 127 Å². The molecule has 0 aromatic rings. The normalized spacial score (nSPS) is 23.4. The van der Waals surface area contributed by atoms with E-state index in [9.17, 15) is 9.90 Å². The number of thioether (sulfide) groups is 1. The molecule has 1 aliphatic carbocycles. The van der Waals surface area contributed by atoms with Crippen molar-refractivity contribution in [1.29, 1.82) is 0 Å². The van der Waals surface area contributed by atoms with Gasteiger partial charge in [0, 0.05) is 36.6 Å². The summed E-state index contributed by atoms with van der Waals surface area (Å²) in [6, 6.07) is -0.0303. The molecule has 5 heteroatoms. The van der Waals surface area contributed by atoms with Crippen LogP contribution in [0.4, 0.5) is 4.79 Å². The first-order valence-corrected chi connectivity index (χ1v) is 8.59. The van der Waals surface area contributed by atoms with Gasteiger partial charge < -0.3 is 15.3 Å². The molecule has 1 aliphatic rings. The van der Waals surface area contributed by atoms with Crippen molar-refractivity contribution in [2.75, 3.05) is 25.9 Å². The molecule has 4 nitrogen and oxygen atoms in total. The highest BCUT2D eigenvalue weighted by Gasteiger charge is 2.25. The summed E-state index contributed by atoms with van der Waals surface area (Å²) in [4.78, 5) is 13.7. The SMILES string of the molecule is CN(C[C@H]1CCCC[C@@H]1O)C(=O)NCCSC(C)(C)C. The highest BCUT2D eigenvalue weighted by molar-refractivity contribution is 8.00. The summed E-state index contributed by atoms with van der Waals surface area (Å²) in [5.74, 6) is 1.17. The number of urea groups is 1. The fraction of sp³-hybridized carbons (Fsp3) is 0.933. The lowest BCUT2D eigenvalue weighted by molar-refractivity contribution is 0.0565. The van der Waals surface area contributed by atoms with Crippen LogP contribution in [0.25, 0.3) is 0 Å². The number of nitrogens with one attached hydrogen (secondary N) is 1. The number of aliphatic hydroxyl groups is 1. The minimum absolute atomic E-state index is 0.0303. The summed E-state index contributed by atoms with van der Waals surface area (Å²) in [5, 5.41) is 12.9. The van der Waals surface area contributed by atoms with Crippen LogP contribution in [0.2, 0.25) is 0 Å². The molecule has 0 spiro atoms. The van der Waals surface area contributed by atoms with E-state index in [1.807, 2.05) is 18.8 Å². The summed E-state index contributed by atoms with van der Waals surface area (Å²) < 4.78 is 0.239. The summed E-state index contributed by atoms with van der Waals surface area (Å²) in [7, 11) is 1.81. The van der Waals surface area contributed by atoms with Crippen LogP contribution in [0.1, 0.15) is 46.5 Å². The van der Waals surface area contributed by atoms with Gasteiger partial charge in [-0.25, -0.2) is 4.79 Å². The Kier molecular flexibility index (Phi) is 7.17. The number of nitrogens with zero attached hydrogens (tertiary/aromatic N) is 1. The standard InChI is InChI=1S/C15H30N2O2S/c1-15(2,3)20-10-9-16-14(19)17(4)11-12-7-5-6-8-13(12)18/h12-13,18H,5-11H2,1-4H3,(H,16,19)/t12-,13+/m1/s1. The van der Waals surface area contributed by atoms with Gasteiger partial charge in [-0.3, -0.25) is 0 Å². The smallest absolute Gasteiger partial charge is 0.317 e. The summed E-state index contributed by atoms with van der Waals surface area (Å²) in [6.07, 6.45) is 3.94. The monoisotopic (exact) mass is 302 g/mol. The van der Waals surface area contributed by atoms with Crippen LogP contribution in [0.3, 0.4) is 0 Å². The second kappa shape index (κ2) is 8.13. The maximum absolute atomic E-state index is 12.0. The molecule has 0 bridgehead atoms. The summed E-state index contributed by atoms with van der Waals surface area (Å²) in [6.45, 7) is 7.87. The first-order valence-electron chi connectivity index (χ1n) is 7.60. The number of carbonyl (C=O) groups is 1. The average molecular weight is 302 g/mol. The minimum Gasteiger partial charge on any atom is -0.393 e. The van der Waals surface area contributed by atoms with Crippen molar-refractivity contribution in [3.8, 4) is 0 Å². The molecule has 0 heterocycles. The molecule has 0 aromatic heterocycles. The molecule has 2 atom stereocenters. The molecule has 20 heavy (non-hydrogen) atoms. The topological polar surface area (TPSA) is 52.6 Å². The third-order valence-corrected chi connectivity index (χ3v) is 4.91. The maximum Gasteiger partial charge on any atom is 0.317 e. The highest BCUT2D eigenvalue weighted by atomic mass is 32.2. The van der Waals surface area contributed by atoms with Crippen molar-refractivity contribution < 1.29 is 9.90 Å². The fourth-order valence-electron chi connectivity index (χ4n) is 2.49. The van der Waals surface area contributed by atoms with Crippen LogP contribution >= 0.6 is 11.8 Å². The first-order chi connectivity index (χ1) is 9.29. The van der Waals surface area contributed by atoms with E-state index in [4.69, 9.17) is 0 Å². The molecule has 0 aromatic carbocycles. The van der Waals surface area contributed by atoms with Crippen LogP contribution in [-0.4, -0.2) is 52.8 Å². The Hall–Kier alpha value is -0.420. The Morgan fingerprint density at radius 3 is 2.60 bits per heavy atom. The van der Waals surface area contributed by atoms with Crippen molar-refractivity contribution in [1.82, 2.24) is 10.2 Å². The summed E-state index contributed by atoms with van der Waals surface area (Å²) in [5.41, 5.74) is 0. The van der Waals surface area contributed by atoms with Crippen LogP contribution in [0.5, 0.6) is 0 Å². The molecule has 0 aliphatic heterocycles. The van der Waals surface area contributed by atoms with Crippen molar-refractivity contribution in [2.45, 2.75) is 57.3 Å². The summed E-state index contributed by atoms with van der Waals surface area (Å²) >= 11 is 1.85. The van der Waals surface area contributed by atoms with Gasteiger partial charge in [0.2, 0.25) is 0 Å². The van der Waals surface area contributed by atoms with Gasteiger partial charge in [-0.1, -0.05) is 33.6 Å². The van der Waals surface area contributed by atoms with Gasteiger partial charge in [-0.2, -0.15) is 11.8 Å². The molecule has 1 rings (SSSR count). The highest BCUT2D eigenvalue weighted by Crippen LogP contribution is 2.25. The molecule has 2 N–H and O–H groups in total. The van der Waals surface area contributed by atoms with E-state index in [0.717, 1.165) is 25.0 Å². The van der Waals surface area contributed by atoms with Crippen molar-refractivity contribution >= 4 is 17.8 Å². The predicted molar refractivity (Wildman–Crippen MR) is 86.2 cm³/mol. The van der Waals surface area contributed by atoms with Gasteiger partial charge in [-0.15, -0.1) is 0 Å². The lowest BCUT2D eigenvalue weighted by Gasteiger charge is -2.31. The molecular formula is C15H30N2O2S. The number of rotatable bonds is 5. The largest absolute Gasteiger partial charge is 0.393 e. The molecule has 1 fully saturated rings. The van der Waals surface area contributed by atoms with Crippen LogP contribution in [0.15, 0.2) is 0 Å². The second-order valence-electron chi connectivity index (χ2n) is 6.69. The zero-order valence-electron chi connectivity index (χ0n) is 13.3. The molecule has 0 unspecified atom stereocenters. The van der Waals surface area contributed by atoms with Crippen molar-refractivity contribution in [3.63, 3.8) is 0 Å². The fourth-order valence-corrected chi connectivity index (χ4v) is 3.30. The van der Waals surface area contributed by atoms with Gasteiger partial charge in [0.15, 0.2) is 0 Å². The van der Waals surface area contributed by atoms with Gasteiger partial charge in [0.25, 0.3) is 0 Å². The van der Waals surface area contributed by atoms with Crippen LogP contribution in [0, 0.1) is 5.92 Å². The van der Waals surface area contributed by atoms with Gasteiger partial charge in [0.1, 0.15) is 0 Å². The molecule has 1 saturated carbocycles. The van der Waals surface area contributed by atoms with E-state index in [2.05, 4.69) is 26.1 Å². The number of hydrogen-bond donors (Lipinski definition) is 2. The van der Waals surface area contributed by atoms with E-state index >= 15 is 0 Å². The van der Waals surface area contributed by atoms with Crippen molar-refractivity contribution in [2.24, 2.45) is 5.92 Å². The van der Waals surface area contributed by atoms with Crippen LogP contribution < -0.4 is 5.32 Å². The number of hydrogen-bond acceptors (Lipinski definition) is 3. The molecule has 2 amide bonds. The van der Waals surface area contributed by atoms with E-state index in [1.54, 1.807) is 4.90 Å².